The van der Waals surface area contributed by atoms with Gasteiger partial charge >= 0.3 is 5.97 Å². The second-order valence-electron chi connectivity index (χ2n) is 5.51. The fourth-order valence-electron chi connectivity index (χ4n) is 2.63. The van der Waals surface area contributed by atoms with Crippen molar-refractivity contribution in [3.8, 4) is 0 Å². The first kappa shape index (κ1) is 16.5. The Hall–Kier alpha value is -1.88. The van der Waals surface area contributed by atoms with Crippen molar-refractivity contribution in [3.05, 3.63) is 35.9 Å². The van der Waals surface area contributed by atoms with Crippen molar-refractivity contribution >= 4 is 11.9 Å². The van der Waals surface area contributed by atoms with Gasteiger partial charge in [-0.2, -0.15) is 0 Å². The molecular weight excluding hydrogens is 280 g/mol. The number of piperidine rings is 1. The van der Waals surface area contributed by atoms with E-state index in [1.165, 1.54) is 0 Å². The molecular formula is C17H24N2O3. The number of benzene rings is 1. The number of carbonyl (C=O) groups is 2. The third-order valence-corrected chi connectivity index (χ3v) is 3.80. The van der Waals surface area contributed by atoms with Crippen molar-refractivity contribution in [1.82, 2.24) is 10.6 Å². The smallest absolute Gasteiger partial charge is 0.328 e. The first-order chi connectivity index (χ1) is 10.7. The fourth-order valence-corrected chi connectivity index (χ4v) is 2.63. The molecule has 120 valence electrons. The van der Waals surface area contributed by atoms with Crippen LogP contribution < -0.4 is 10.6 Å². The van der Waals surface area contributed by atoms with E-state index >= 15 is 0 Å². The van der Waals surface area contributed by atoms with E-state index < -0.39 is 6.04 Å². The molecule has 2 N–H and O–H groups in total. The van der Waals surface area contributed by atoms with Gasteiger partial charge in [0.15, 0.2) is 0 Å². The highest BCUT2D eigenvalue weighted by molar-refractivity contribution is 5.87. The van der Waals surface area contributed by atoms with Crippen LogP contribution in [0.15, 0.2) is 30.3 Å². The van der Waals surface area contributed by atoms with E-state index in [4.69, 9.17) is 4.74 Å². The van der Waals surface area contributed by atoms with Crippen molar-refractivity contribution in [1.29, 1.82) is 0 Å². The van der Waals surface area contributed by atoms with E-state index in [2.05, 4.69) is 10.6 Å². The van der Waals surface area contributed by atoms with Gasteiger partial charge in [-0.05, 0) is 31.9 Å². The molecule has 2 rings (SSSR count). The summed E-state index contributed by atoms with van der Waals surface area (Å²) in [6, 6.07) is 8.80. The molecule has 1 heterocycles. The highest BCUT2D eigenvalue weighted by Crippen LogP contribution is 2.09. The van der Waals surface area contributed by atoms with Gasteiger partial charge in [0, 0.05) is 6.42 Å². The van der Waals surface area contributed by atoms with Crippen LogP contribution in [0.5, 0.6) is 0 Å². The predicted molar refractivity (Wildman–Crippen MR) is 84.4 cm³/mol. The fraction of sp³-hybridized carbons (Fsp3) is 0.529. The summed E-state index contributed by atoms with van der Waals surface area (Å²) >= 11 is 0. The number of esters is 1. The molecule has 0 unspecified atom stereocenters. The molecule has 0 aromatic heterocycles. The van der Waals surface area contributed by atoms with E-state index in [0.717, 1.165) is 31.4 Å². The largest absolute Gasteiger partial charge is 0.464 e. The van der Waals surface area contributed by atoms with Crippen LogP contribution in [0.3, 0.4) is 0 Å². The summed E-state index contributed by atoms with van der Waals surface area (Å²) in [5.74, 6) is -0.496. The molecule has 1 amide bonds. The Labute approximate surface area is 131 Å². The van der Waals surface area contributed by atoms with Gasteiger partial charge in [-0.1, -0.05) is 36.8 Å². The molecule has 0 aliphatic carbocycles. The molecule has 1 aromatic rings. The molecule has 0 saturated carbocycles. The molecule has 2 atom stereocenters. The van der Waals surface area contributed by atoms with E-state index in [-0.39, 0.29) is 17.9 Å². The Kier molecular flexibility index (Phi) is 6.40. The zero-order chi connectivity index (χ0) is 15.8. The molecule has 1 fully saturated rings. The lowest BCUT2D eigenvalue weighted by Gasteiger charge is -2.25. The van der Waals surface area contributed by atoms with Gasteiger partial charge in [0.1, 0.15) is 6.04 Å². The summed E-state index contributed by atoms with van der Waals surface area (Å²) in [6.07, 6.45) is 3.38. The molecule has 1 aliphatic rings. The Morgan fingerprint density at radius 2 is 2.09 bits per heavy atom. The molecule has 1 aromatic carbocycles. The lowest BCUT2D eigenvalue weighted by atomic mass is 10.0. The minimum absolute atomic E-state index is 0.117. The lowest BCUT2D eigenvalue weighted by Crippen LogP contribution is -2.52. The number of hydrogen-bond donors (Lipinski definition) is 2. The maximum Gasteiger partial charge on any atom is 0.328 e. The van der Waals surface area contributed by atoms with Gasteiger partial charge < -0.3 is 15.4 Å². The second-order valence-corrected chi connectivity index (χ2v) is 5.51. The van der Waals surface area contributed by atoms with E-state index in [1.807, 2.05) is 30.3 Å². The van der Waals surface area contributed by atoms with E-state index in [0.29, 0.717) is 13.0 Å². The van der Waals surface area contributed by atoms with Crippen LogP contribution in [0, 0.1) is 0 Å². The Bertz CT molecular complexity index is 484. The van der Waals surface area contributed by atoms with Gasteiger partial charge in [-0.25, -0.2) is 4.79 Å². The molecule has 5 heteroatoms. The maximum atomic E-state index is 12.3. The third-order valence-electron chi connectivity index (χ3n) is 3.80. The third kappa shape index (κ3) is 4.84. The number of ether oxygens (including phenoxy) is 1. The monoisotopic (exact) mass is 304 g/mol. The van der Waals surface area contributed by atoms with Crippen LogP contribution in [0.2, 0.25) is 0 Å². The molecule has 5 nitrogen and oxygen atoms in total. The highest BCUT2D eigenvalue weighted by Gasteiger charge is 2.27. The van der Waals surface area contributed by atoms with Crippen LogP contribution in [0.25, 0.3) is 0 Å². The topological polar surface area (TPSA) is 67.4 Å². The zero-order valence-corrected chi connectivity index (χ0v) is 13.0. The minimum Gasteiger partial charge on any atom is -0.464 e. The molecule has 22 heavy (non-hydrogen) atoms. The molecule has 1 aliphatic heterocycles. The molecule has 0 spiro atoms. The first-order valence-electron chi connectivity index (χ1n) is 7.95. The standard InChI is InChI=1S/C17H24N2O3/c1-2-22-17(21)15(12-13-8-4-3-5-9-13)19-16(20)14-10-6-7-11-18-14/h3-5,8-9,14-15,18H,2,6-7,10-12H2,1H3,(H,19,20)/t14-,15+/m1/s1. The van der Waals surface area contributed by atoms with Gasteiger partial charge in [0.05, 0.1) is 12.6 Å². The second kappa shape index (κ2) is 8.54. The predicted octanol–water partition coefficient (Wildman–Crippen LogP) is 1.42. The quantitative estimate of drug-likeness (QED) is 0.780. The van der Waals surface area contributed by atoms with Crippen LogP contribution in [-0.2, 0) is 20.7 Å². The van der Waals surface area contributed by atoms with Crippen molar-refractivity contribution in [2.75, 3.05) is 13.2 Å². The van der Waals surface area contributed by atoms with Gasteiger partial charge in [0.2, 0.25) is 5.91 Å². The van der Waals surface area contributed by atoms with Crippen molar-refractivity contribution in [2.45, 2.75) is 44.7 Å². The average Bonchev–Trinajstić information content (AvgIpc) is 2.56. The summed E-state index contributed by atoms with van der Waals surface area (Å²) < 4.78 is 5.09. The average molecular weight is 304 g/mol. The van der Waals surface area contributed by atoms with E-state index in [1.54, 1.807) is 6.92 Å². The Morgan fingerprint density at radius 3 is 2.73 bits per heavy atom. The summed E-state index contributed by atoms with van der Waals surface area (Å²) in [5.41, 5.74) is 0.998. The Balaban J connectivity index is 2.00. The maximum absolute atomic E-state index is 12.3. The van der Waals surface area contributed by atoms with Crippen molar-refractivity contribution < 1.29 is 14.3 Å². The summed E-state index contributed by atoms with van der Waals surface area (Å²) in [5, 5.41) is 6.04. The lowest BCUT2D eigenvalue weighted by molar-refractivity contribution is -0.147. The number of carbonyl (C=O) groups excluding carboxylic acids is 2. The van der Waals surface area contributed by atoms with Gasteiger partial charge in [-0.3, -0.25) is 4.79 Å². The zero-order valence-electron chi connectivity index (χ0n) is 13.0. The molecule has 1 saturated heterocycles. The summed E-state index contributed by atoms with van der Waals surface area (Å²) in [6.45, 7) is 2.92. The molecule has 0 radical (unpaired) electrons. The van der Waals surface area contributed by atoms with Gasteiger partial charge in [-0.15, -0.1) is 0 Å². The number of rotatable bonds is 6. The minimum atomic E-state index is -0.640. The normalized spacial score (nSPS) is 19.2. The van der Waals surface area contributed by atoms with Gasteiger partial charge in [0.25, 0.3) is 0 Å². The van der Waals surface area contributed by atoms with Crippen LogP contribution in [0.1, 0.15) is 31.7 Å². The van der Waals surface area contributed by atoms with Crippen molar-refractivity contribution in [2.24, 2.45) is 0 Å². The van der Waals surface area contributed by atoms with Crippen LogP contribution in [0.4, 0.5) is 0 Å². The summed E-state index contributed by atoms with van der Waals surface area (Å²) in [4.78, 5) is 24.4. The number of nitrogens with one attached hydrogen (secondary N) is 2. The van der Waals surface area contributed by atoms with E-state index in [9.17, 15) is 9.59 Å². The first-order valence-corrected chi connectivity index (χ1v) is 7.95. The van der Waals surface area contributed by atoms with Crippen LogP contribution in [-0.4, -0.2) is 37.1 Å². The SMILES string of the molecule is CCOC(=O)[C@H](Cc1ccccc1)NC(=O)[C@H]1CCCCN1. The van der Waals surface area contributed by atoms with Crippen molar-refractivity contribution in [3.63, 3.8) is 0 Å². The Morgan fingerprint density at radius 1 is 1.32 bits per heavy atom. The van der Waals surface area contributed by atoms with Crippen LogP contribution >= 0.6 is 0 Å². The summed E-state index contributed by atoms with van der Waals surface area (Å²) in [7, 11) is 0. The molecule has 0 bridgehead atoms. The number of hydrogen-bond acceptors (Lipinski definition) is 4. The number of amides is 1. The highest BCUT2D eigenvalue weighted by atomic mass is 16.5.